The molecule has 180 valence electrons. The number of piperidine rings is 1. The van der Waals surface area contributed by atoms with E-state index in [-0.39, 0.29) is 38.3 Å². The molecule has 0 amide bonds. The van der Waals surface area contributed by atoms with Gasteiger partial charge in [-0.15, -0.1) is 0 Å². The first kappa shape index (κ1) is 23.5. The van der Waals surface area contributed by atoms with Crippen molar-refractivity contribution in [1.29, 1.82) is 0 Å². The summed E-state index contributed by atoms with van der Waals surface area (Å²) in [6, 6.07) is 16.1. The normalized spacial score (nSPS) is 15.5. The van der Waals surface area contributed by atoms with Crippen molar-refractivity contribution >= 4 is 28.2 Å². The summed E-state index contributed by atoms with van der Waals surface area (Å²) < 4.78 is 61.8. The van der Waals surface area contributed by atoms with Crippen LogP contribution in [0, 0.1) is 11.6 Å². The van der Waals surface area contributed by atoms with Crippen molar-refractivity contribution in [3.8, 4) is 22.3 Å². The fourth-order valence-electron chi connectivity index (χ4n) is 4.41. The number of nitrogens with two attached hydrogens (primary N) is 1. The monoisotopic (exact) mass is 498 g/mol. The molecule has 0 radical (unpaired) electrons. The minimum absolute atomic E-state index is 0.136. The van der Waals surface area contributed by atoms with Gasteiger partial charge in [-0.25, -0.2) is 17.6 Å². The summed E-state index contributed by atoms with van der Waals surface area (Å²) in [6.45, 7) is 0.476. The highest BCUT2D eigenvalue weighted by atomic mass is 32.1. The lowest BCUT2D eigenvalue weighted by atomic mass is 9.95. The van der Waals surface area contributed by atoms with Crippen molar-refractivity contribution in [2.45, 2.75) is 25.3 Å². The zero-order valence-corrected chi connectivity index (χ0v) is 19.5. The first-order chi connectivity index (χ1) is 16.7. The number of fused-ring (bicyclic) bond motifs is 1. The molecule has 0 saturated carbocycles. The van der Waals surface area contributed by atoms with Crippen LogP contribution in [0.2, 0.25) is 0 Å². The molecule has 35 heavy (non-hydrogen) atoms. The Morgan fingerprint density at radius 1 is 0.914 bits per heavy atom. The fraction of sp³-hybridized carbons (Fsp3) is 0.222. The standard InChI is InChI=1S/C27H22F4N2OS/c28-20-4-1-16(2-5-20)23-13-18(11-19-12-21(15-32)34-25(19)23)22-6-3-17(14-24(22)29)26(35)33-9-7-27(30,31)8-10-33/h1-6,11-14H,7-10,15,32H2. The van der Waals surface area contributed by atoms with Gasteiger partial charge in [0.15, 0.2) is 0 Å². The molecule has 1 aromatic heterocycles. The van der Waals surface area contributed by atoms with Crippen molar-refractivity contribution in [1.82, 2.24) is 4.90 Å². The Balaban J connectivity index is 1.52. The van der Waals surface area contributed by atoms with Crippen LogP contribution in [0.3, 0.4) is 0 Å². The third kappa shape index (κ3) is 4.68. The van der Waals surface area contributed by atoms with Crippen molar-refractivity contribution in [2.75, 3.05) is 13.1 Å². The molecule has 0 aliphatic carbocycles. The summed E-state index contributed by atoms with van der Waals surface area (Å²) >= 11 is 5.47. The second-order valence-corrected chi connectivity index (χ2v) is 9.10. The molecular weight excluding hydrogens is 476 g/mol. The van der Waals surface area contributed by atoms with Crippen LogP contribution in [0.5, 0.6) is 0 Å². The van der Waals surface area contributed by atoms with Gasteiger partial charge in [-0.3, -0.25) is 0 Å². The first-order valence-corrected chi connectivity index (χ1v) is 11.6. The van der Waals surface area contributed by atoms with Crippen LogP contribution < -0.4 is 5.73 Å². The van der Waals surface area contributed by atoms with E-state index in [1.807, 2.05) is 6.07 Å². The maximum atomic E-state index is 15.4. The van der Waals surface area contributed by atoms with Gasteiger partial charge in [-0.2, -0.15) is 0 Å². The minimum atomic E-state index is -2.68. The summed E-state index contributed by atoms with van der Waals surface area (Å²) in [5, 5.41) is 0.746. The van der Waals surface area contributed by atoms with Gasteiger partial charge in [0.2, 0.25) is 0 Å². The lowest BCUT2D eigenvalue weighted by Gasteiger charge is -2.33. The Labute approximate surface area is 205 Å². The fourth-order valence-corrected chi connectivity index (χ4v) is 4.72. The van der Waals surface area contributed by atoms with E-state index in [9.17, 15) is 13.2 Å². The van der Waals surface area contributed by atoms with E-state index in [1.54, 1.807) is 41.3 Å². The van der Waals surface area contributed by atoms with Crippen LogP contribution in [0.1, 0.15) is 24.2 Å². The number of alkyl halides is 2. The van der Waals surface area contributed by atoms with E-state index in [4.69, 9.17) is 22.4 Å². The molecule has 0 spiro atoms. The van der Waals surface area contributed by atoms with Crippen molar-refractivity contribution < 1.29 is 22.0 Å². The molecule has 2 N–H and O–H groups in total. The third-order valence-corrected chi connectivity index (χ3v) is 6.83. The number of hydrogen-bond donors (Lipinski definition) is 1. The van der Waals surface area contributed by atoms with E-state index in [0.717, 1.165) is 10.9 Å². The number of furan rings is 1. The topological polar surface area (TPSA) is 42.4 Å². The van der Waals surface area contributed by atoms with Gasteiger partial charge in [0.25, 0.3) is 5.92 Å². The summed E-state index contributed by atoms with van der Waals surface area (Å²) in [6.07, 6.45) is -0.537. The van der Waals surface area contributed by atoms with E-state index in [2.05, 4.69) is 0 Å². The highest BCUT2D eigenvalue weighted by molar-refractivity contribution is 7.80. The lowest BCUT2D eigenvalue weighted by Crippen LogP contribution is -2.42. The summed E-state index contributed by atoms with van der Waals surface area (Å²) in [5.74, 6) is -2.95. The number of benzene rings is 3. The lowest BCUT2D eigenvalue weighted by molar-refractivity contribution is -0.0430. The second kappa shape index (κ2) is 9.09. The molecule has 0 atom stereocenters. The molecule has 2 heterocycles. The van der Waals surface area contributed by atoms with Gasteiger partial charge in [0.05, 0.1) is 6.54 Å². The first-order valence-electron chi connectivity index (χ1n) is 11.2. The Kier molecular flexibility index (Phi) is 6.11. The molecule has 1 fully saturated rings. The van der Waals surface area contributed by atoms with Crippen LogP contribution in [0.4, 0.5) is 17.6 Å². The van der Waals surface area contributed by atoms with Crippen LogP contribution in [0.15, 0.2) is 65.1 Å². The average molecular weight is 499 g/mol. The van der Waals surface area contributed by atoms with Gasteiger partial charge in [-0.1, -0.05) is 36.5 Å². The maximum Gasteiger partial charge on any atom is 0.251 e. The van der Waals surface area contributed by atoms with E-state index >= 15 is 4.39 Å². The SMILES string of the molecule is NCc1cc2cc(-c3ccc(C(=S)N4CCC(F)(F)CC4)cc3F)cc(-c3ccc(F)cc3)c2o1. The zero-order valence-electron chi connectivity index (χ0n) is 18.7. The van der Waals surface area contributed by atoms with Gasteiger partial charge >= 0.3 is 0 Å². The summed E-state index contributed by atoms with van der Waals surface area (Å²) in [7, 11) is 0. The zero-order chi connectivity index (χ0) is 24.7. The van der Waals surface area contributed by atoms with Crippen LogP contribution >= 0.6 is 12.2 Å². The molecule has 3 nitrogen and oxygen atoms in total. The van der Waals surface area contributed by atoms with Crippen molar-refractivity contribution in [2.24, 2.45) is 5.73 Å². The molecule has 3 aromatic carbocycles. The van der Waals surface area contributed by atoms with Gasteiger partial charge in [-0.05, 0) is 47.5 Å². The molecule has 5 rings (SSSR count). The number of thiocarbonyl (C=S) groups is 1. The predicted octanol–water partition coefficient (Wildman–Crippen LogP) is 6.91. The van der Waals surface area contributed by atoms with E-state index in [1.165, 1.54) is 18.2 Å². The molecule has 8 heteroatoms. The molecule has 1 aliphatic heterocycles. The predicted molar refractivity (Wildman–Crippen MR) is 132 cm³/mol. The van der Waals surface area contributed by atoms with Gasteiger partial charge in [0, 0.05) is 48.0 Å². The molecule has 0 bridgehead atoms. The molecule has 0 unspecified atom stereocenters. The van der Waals surface area contributed by atoms with Crippen LogP contribution in [-0.2, 0) is 6.54 Å². The average Bonchev–Trinajstić information content (AvgIpc) is 3.27. The van der Waals surface area contributed by atoms with Gasteiger partial charge in [0.1, 0.15) is 28.0 Å². The Bertz CT molecular complexity index is 1400. The molecular formula is C27H22F4N2OS. The van der Waals surface area contributed by atoms with E-state index in [0.29, 0.717) is 38.6 Å². The molecule has 1 aliphatic rings. The van der Waals surface area contributed by atoms with E-state index < -0.39 is 11.7 Å². The summed E-state index contributed by atoms with van der Waals surface area (Å²) in [5.41, 5.74) is 9.17. The highest BCUT2D eigenvalue weighted by Crippen LogP contribution is 2.37. The largest absolute Gasteiger partial charge is 0.459 e. The molecule has 4 aromatic rings. The molecule has 1 saturated heterocycles. The number of rotatable bonds is 4. The second-order valence-electron chi connectivity index (χ2n) is 8.71. The van der Waals surface area contributed by atoms with Crippen molar-refractivity contribution in [3.05, 3.63) is 83.6 Å². The van der Waals surface area contributed by atoms with Crippen molar-refractivity contribution in [3.63, 3.8) is 0 Å². The Hall–Kier alpha value is -3.23. The number of nitrogens with zero attached hydrogens (tertiary/aromatic N) is 1. The van der Waals surface area contributed by atoms with Crippen LogP contribution in [0.25, 0.3) is 33.2 Å². The third-order valence-electron chi connectivity index (χ3n) is 6.33. The van der Waals surface area contributed by atoms with Gasteiger partial charge < -0.3 is 15.1 Å². The highest BCUT2D eigenvalue weighted by Gasteiger charge is 2.35. The quantitative estimate of drug-likeness (QED) is 0.245. The number of hydrogen-bond acceptors (Lipinski definition) is 3. The minimum Gasteiger partial charge on any atom is -0.459 e. The summed E-state index contributed by atoms with van der Waals surface area (Å²) in [4.78, 5) is 2.05. The smallest absolute Gasteiger partial charge is 0.251 e. The number of likely N-dealkylation sites (tertiary alicyclic amines) is 1. The Morgan fingerprint density at radius 2 is 1.63 bits per heavy atom. The number of halogens is 4. The maximum absolute atomic E-state index is 15.4. The van der Waals surface area contributed by atoms with Crippen LogP contribution in [-0.4, -0.2) is 28.9 Å². The Morgan fingerprint density at radius 3 is 2.29 bits per heavy atom.